The van der Waals surface area contributed by atoms with Gasteiger partial charge in [-0.25, -0.2) is 0 Å². The summed E-state index contributed by atoms with van der Waals surface area (Å²) in [7, 11) is -5.17. The smallest absolute Gasteiger partial charge is 0.0780 e. The van der Waals surface area contributed by atoms with Gasteiger partial charge in [-0.05, 0) is 11.1 Å². The largest absolute Gasteiger partial charge is 0.759 e. The summed E-state index contributed by atoms with van der Waals surface area (Å²) in [5.74, 6) is 0. The van der Waals surface area contributed by atoms with Crippen molar-refractivity contribution >= 4 is 10.4 Å². The fraction of sp³-hybridized carbons (Fsp3) is 0.250. The van der Waals surface area contributed by atoms with E-state index in [1.54, 1.807) is 0 Å². The van der Waals surface area contributed by atoms with Gasteiger partial charge in [0.2, 0.25) is 0 Å². The molecule has 0 unspecified atom stereocenters. The molecule has 0 aromatic heterocycles. The first-order valence-corrected chi connectivity index (χ1v) is 8.53. The number of hydrogen-bond acceptors (Lipinski definition) is 4. The summed E-state index contributed by atoms with van der Waals surface area (Å²) < 4.78 is 34.1. The first kappa shape index (κ1) is 21.2. The van der Waals surface area contributed by atoms with E-state index >= 15 is 0 Å². The molecule has 0 saturated carbocycles. The molecular weight excluding hydrogens is 316 g/mol. The summed E-state index contributed by atoms with van der Waals surface area (Å²) in [4.78, 5) is 0. The molecule has 2 rings (SSSR count). The Morgan fingerprint density at radius 2 is 0.957 bits per heavy atom. The third-order valence-electron chi connectivity index (χ3n) is 2.62. The summed E-state index contributed by atoms with van der Waals surface area (Å²) in [5, 5.41) is 0. The van der Waals surface area contributed by atoms with Crippen LogP contribution < -0.4 is 11.5 Å². The normalized spacial score (nSPS) is 9.91. The topological polar surface area (TPSA) is 136 Å². The lowest BCUT2D eigenvalue weighted by Crippen LogP contribution is -2.51. The van der Waals surface area contributed by atoms with Crippen molar-refractivity contribution in [3.63, 3.8) is 0 Å². The van der Waals surface area contributed by atoms with E-state index in [1.165, 1.54) is 11.1 Å². The molecule has 0 heterocycles. The van der Waals surface area contributed by atoms with Crippen molar-refractivity contribution in [2.75, 3.05) is 13.1 Å². The van der Waals surface area contributed by atoms with Crippen LogP contribution >= 0.6 is 0 Å². The molecule has 0 saturated heterocycles. The zero-order chi connectivity index (χ0) is 17.6. The van der Waals surface area contributed by atoms with Crippen LogP contribution in [0.2, 0.25) is 0 Å². The summed E-state index contributed by atoms with van der Waals surface area (Å²) in [6.07, 6.45) is 2.20. The molecule has 0 aliphatic carbocycles. The van der Waals surface area contributed by atoms with Gasteiger partial charge in [-0.1, -0.05) is 60.7 Å². The van der Waals surface area contributed by atoms with Gasteiger partial charge in [0.05, 0.1) is 13.1 Å². The molecule has 2 aromatic carbocycles. The molecule has 0 spiro atoms. The highest BCUT2D eigenvalue weighted by Gasteiger charge is 1.87. The van der Waals surface area contributed by atoms with Gasteiger partial charge in [-0.2, -0.15) is 0 Å². The lowest BCUT2D eigenvalue weighted by Gasteiger charge is -2.06. The van der Waals surface area contributed by atoms with E-state index < -0.39 is 10.4 Å². The molecule has 0 atom stereocenters. The van der Waals surface area contributed by atoms with Crippen LogP contribution in [-0.2, 0) is 23.2 Å². The maximum Gasteiger partial charge on any atom is 0.0780 e. The summed E-state index contributed by atoms with van der Waals surface area (Å²) in [6, 6.07) is 20.8. The van der Waals surface area contributed by atoms with Crippen LogP contribution in [0.25, 0.3) is 0 Å². The van der Waals surface area contributed by atoms with Crippen LogP contribution in [0.5, 0.6) is 0 Å². The van der Waals surface area contributed by atoms with Crippen LogP contribution in [0.1, 0.15) is 11.1 Å². The first-order chi connectivity index (χ1) is 10.9. The van der Waals surface area contributed by atoms with E-state index in [-0.39, 0.29) is 0 Å². The molecule has 0 fully saturated rings. The predicted molar refractivity (Wildman–Crippen MR) is 86.3 cm³/mol. The van der Waals surface area contributed by atoms with Crippen LogP contribution in [0, 0.1) is 0 Å². The quantitative estimate of drug-likeness (QED) is 0.578. The van der Waals surface area contributed by atoms with Gasteiger partial charge in [0, 0.05) is 23.2 Å². The van der Waals surface area contributed by atoms with Gasteiger partial charge in [-0.15, -0.1) is 0 Å². The zero-order valence-electron chi connectivity index (χ0n) is 13.1. The Hall–Kier alpha value is -1.77. The van der Waals surface area contributed by atoms with Crippen LogP contribution in [0.4, 0.5) is 0 Å². The molecule has 6 nitrogen and oxygen atoms in total. The molecule has 23 heavy (non-hydrogen) atoms. The van der Waals surface area contributed by atoms with E-state index in [2.05, 4.69) is 60.0 Å². The first-order valence-electron chi connectivity index (χ1n) is 7.20. The van der Waals surface area contributed by atoms with E-state index in [4.69, 9.17) is 17.5 Å². The molecular formula is C16H24N2O4S. The molecule has 0 aliphatic heterocycles. The van der Waals surface area contributed by atoms with E-state index in [0.29, 0.717) is 0 Å². The van der Waals surface area contributed by atoms with Crippen molar-refractivity contribution in [2.45, 2.75) is 12.8 Å². The number of benzene rings is 2. The van der Waals surface area contributed by atoms with Crippen molar-refractivity contribution in [1.29, 1.82) is 0 Å². The Kier molecular flexibility index (Phi) is 11.8. The van der Waals surface area contributed by atoms with E-state index in [1.807, 2.05) is 12.1 Å². The second-order valence-electron chi connectivity index (χ2n) is 4.59. The maximum absolute atomic E-state index is 8.52. The molecule has 0 radical (unpaired) electrons. The van der Waals surface area contributed by atoms with Gasteiger partial charge < -0.3 is 20.6 Å². The average molecular weight is 340 g/mol. The Labute approximate surface area is 137 Å². The third kappa shape index (κ3) is 16.4. The number of quaternary nitrogens is 2. The predicted octanol–water partition coefficient (Wildman–Crippen LogP) is -0.396. The van der Waals surface area contributed by atoms with Crippen molar-refractivity contribution < 1.29 is 29.0 Å². The van der Waals surface area contributed by atoms with Gasteiger partial charge >= 0.3 is 0 Å². The minimum absolute atomic E-state index is 0.990. The fourth-order valence-corrected chi connectivity index (χ4v) is 1.70. The molecule has 0 bridgehead atoms. The van der Waals surface area contributed by atoms with Crippen molar-refractivity contribution in [3.8, 4) is 0 Å². The van der Waals surface area contributed by atoms with Gasteiger partial charge in [0.15, 0.2) is 0 Å². The molecule has 0 aliphatic rings. The van der Waals surface area contributed by atoms with Crippen LogP contribution in [-0.4, -0.2) is 30.6 Å². The molecule has 0 amide bonds. The second kappa shape index (κ2) is 12.7. The highest BCUT2D eigenvalue weighted by Crippen LogP contribution is 1.97. The van der Waals surface area contributed by atoms with Gasteiger partial charge in [-0.3, -0.25) is 8.42 Å². The number of rotatable bonds is 4. The lowest BCUT2D eigenvalue weighted by molar-refractivity contribution is -0.367. The maximum atomic E-state index is 8.52. The summed E-state index contributed by atoms with van der Waals surface area (Å²) in [6.45, 7) is 1.98. The molecule has 128 valence electrons. The van der Waals surface area contributed by atoms with Crippen LogP contribution in [0.15, 0.2) is 60.7 Å². The van der Waals surface area contributed by atoms with Gasteiger partial charge in [0.1, 0.15) is 0 Å². The Bertz CT molecular complexity index is 555. The summed E-state index contributed by atoms with van der Waals surface area (Å²) in [5.41, 5.74) is 10.3. The SMILES string of the molecule is O=S(=O)([O-])[O-].[NH3+]CCc1ccccc1.[NH3+]CCc1ccccc1. The molecule has 2 aromatic rings. The van der Waals surface area contributed by atoms with Crippen LogP contribution in [0.3, 0.4) is 0 Å². The minimum Gasteiger partial charge on any atom is -0.759 e. The average Bonchev–Trinajstić information content (AvgIpc) is 2.49. The highest BCUT2D eigenvalue weighted by atomic mass is 32.3. The lowest BCUT2D eigenvalue weighted by atomic mass is 10.2. The van der Waals surface area contributed by atoms with Crippen molar-refractivity contribution in [3.05, 3.63) is 71.8 Å². The Morgan fingerprint density at radius 3 is 1.17 bits per heavy atom. The molecule has 6 N–H and O–H groups in total. The zero-order valence-corrected chi connectivity index (χ0v) is 13.9. The number of hydrogen-bond donors (Lipinski definition) is 2. The second-order valence-corrected chi connectivity index (χ2v) is 5.40. The monoisotopic (exact) mass is 340 g/mol. The standard InChI is InChI=1S/2C8H11N.H2O4S/c2*9-7-6-8-4-2-1-3-5-8;1-5(2,3)4/h2*1-5H,6-7,9H2;(H2,1,2,3,4). The van der Waals surface area contributed by atoms with Crippen molar-refractivity contribution in [2.24, 2.45) is 0 Å². The fourth-order valence-electron chi connectivity index (χ4n) is 1.70. The highest BCUT2D eigenvalue weighted by molar-refractivity contribution is 7.79. The molecule has 7 heteroatoms. The Balaban J connectivity index is 0.000000332. The summed E-state index contributed by atoms with van der Waals surface area (Å²) >= 11 is 0. The van der Waals surface area contributed by atoms with E-state index in [0.717, 1.165) is 25.9 Å². The van der Waals surface area contributed by atoms with Gasteiger partial charge in [0.25, 0.3) is 0 Å². The van der Waals surface area contributed by atoms with E-state index in [9.17, 15) is 0 Å². The Morgan fingerprint density at radius 1 is 0.696 bits per heavy atom. The minimum atomic E-state index is -5.17. The third-order valence-corrected chi connectivity index (χ3v) is 2.62. The van der Waals surface area contributed by atoms with Crippen molar-refractivity contribution in [1.82, 2.24) is 0 Å².